The first-order chi connectivity index (χ1) is 9.42. The molecule has 0 spiro atoms. The van der Waals surface area contributed by atoms with Crippen LogP contribution in [-0.2, 0) is 15.9 Å². The van der Waals surface area contributed by atoms with Gasteiger partial charge in [-0.3, -0.25) is 4.90 Å². The van der Waals surface area contributed by atoms with Gasteiger partial charge in [0.2, 0.25) is 0 Å². The molecule has 3 rings (SSSR count). The van der Waals surface area contributed by atoms with E-state index in [0.29, 0.717) is 13.2 Å². The Hall–Kier alpha value is -0.940. The highest BCUT2D eigenvalue weighted by atomic mass is 16.6. The van der Waals surface area contributed by atoms with Crippen molar-refractivity contribution in [2.45, 2.75) is 18.8 Å². The molecule has 2 fully saturated rings. The predicted molar refractivity (Wildman–Crippen MR) is 74.1 cm³/mol. The Balaban J connectivity index is 1.46. The van der Waals surface area contributed by atoms with Gasteiger partial charge in [-0.05, 0) is 5.56 Å². The van der Waals surface area contributed by atoms with E-state index in [1.165, 1.54) is 5.56 Å². The van der Waals surface area contributed by atoms with Crippen molar-refractivity contribution in [2.75, 3.05) is 39.4 Å². The summed E-state index contributed by atoms with van der Waals surface area (Å²) in [6.45, 7) is 5.59. The molecule has 1 aromatic carbocycles. The molecule has 0 radical (unpaired) electrons. The molecule has 104 valence electrons. The molecule has 2 heterocycles. The van der Waals surface area contributed by atoms with Gasteiger partial charge in [-0.15, -0.1) is 0 Å². The molecule has 0 amide bonds. The van der Waals surface area contributed by atoms with Crippen LogP contribution < -0.4 is 5.32 Å². The maximum Gasteiger partial charge on any atom is 0.134 e. The molecule has 1 N–H and O–H groups in total. The highest BCUT2D eigenvalue weighted by Gasteiger charge is 2.27. The summed E-state index contributed by atoms with van der Waals surface area (Å²) in [4.78, 5) is 2.37. The third-order valence-corrected chi connectivity index (χ3v) is 3.81. The van der Waals surface area contributed by atoms with E-state index in [0.717, 1.165) is 32.6 Å². The molecule has 4 heteroatoms. The van der Waals surface area contributed by atoms with E-state index in [-0.39, 0.29) is 12.3 Å². The van der Waals surface area contributed by atoms with Crippen LogP contribution in [0, 0.1) is 0 Å². The maximum absolute atomic E-state index is 5.98. The minimum Gasteiger partial charge on any atom is -0.371 e. The van der Waals surface area contributed by atoms with Crippen molar-refractivity contribution in [1.82, 2.24) is 10.2 Å². The monoisotopic (exact) mass is 262 g/mol. The van der Waals surface area contributed by atoms with Crippen LogP contribution in [0.5, 0.6) is 0 Å². The fourth-order valence-electron chi connectivity index (χ4n) is 2.71. The van der Waals surface area contributed by atoms with Gasteiger partial charge in [-0.25, -0.2) is 0 Å². The van der Waals surface area contributed by atoms with Gasteiger partial charge in [0.15, 0.2) is 0 Å². The SMILES string of the molecule is c1ccc(CC2COC(N3CCNCC3)CO2)cc1. The number of nitrogens with zero attached hydrogens (tertiary/aromatic N) is 1. The van der Waals surface area contributed by atoms with Gasteiger partial charge in [0.1, 0.15) is 6.23 Å². The summed E-state index contributed by atoms with van der Waals surface area (Å²) in [6.07, 6.45) is 1.28. The summed E-state index contributed by atoms with van der Waals surface area (Å²) < 4.78 is 11.9. The van der Waals surface area contributed by atoms with Crippen LogP contribution in [-0.4, -0.2) is 56.6 Å². The summed E-state index contributed by atoms with van der Waals surface area (Å²) in [7, 11) is 0. The fourth-order valence-corrected chi connectivity index (χ4v) is 2.71. The van der Waals surface area contributed by atoms with Crippen molar-refractivity contribution >= 4 is 0 Å². The maximum atomic E-state index is 5.98. The Morgan fingerprint density at radius 3 is 2.53 bits per heavy atom. The van der Waals surface area contributed by atoms with Crippen molar-refractivity contribution in [2.24, 2.45) is 0 Å². The largest absolute Gasteiger partial charge is 0.371 e. The first kappa shape index (κ1) is 13.1. The number of hydrogen-bond acceptors (Lipinski definition) is 4. The van der Waals surface area contributed by atoms with Crippen LogP contribution in [0.25, 0.3) is 0 Å². The lowest BCUT2D eigenvalue weighted by Gasteiger charge is -2.38. The Kier molecular flexibility index (Phi) is 4.45. The highest BCUT2D eigenvalue weighted by Crippen LogP contribution is 2.15. The zero-order valence-corrected chi connectivity index (χ0v) is 11.3. The summed E-state index contributed by atoms with van der Waals surface area (Å²) in [5.74, 6) is 0. The molecular formula is C15H22N2O2. The lowest BCUT2D eigenvalue weighted by atomic mass is 10.1. The number of hydrogen-bond donors (Lipinski definition) is 1. The molecule has 0 bridgehead atoms. The highest BCUT2D eigenvalue weighted by molar-refractivity contribution is 5.15. The van der Waals surface area contributed by atoms with Crippen molar-refractivity contribution in [1.29, 1.82) is 0 Å². The van der Waals surface area contributed by atoms with E-state index in [2.05, 4.69) is 34.5 Å². The minimum atomic E-state index is 0.147. The van der Waals surface area contributed by atoms with Crippen molar-refractivity contribution < 1.29 is 9.47 Å². The molecule has 2 saturated heterocycles. The second-order valence-corrected chi connectivity index (χ2v) is 5.22. The molecular weight excluding hydrogens is 240 g/mol. The van der Waals surface area contributed by atoms with Crippen LogP contribution >= 0.6 is 0 Å². The quantitative estimate of drug-likeness (QED) is 0.876. The third-order valence-electron chi connectivity index (χ3n) is 3.81. The van der Waals surface area contributed by atoms with Crippen molar-refractivity contribution in [3.8, 4) is 0 Å². The molecule has 4 nitrogen and oxygen atoms in total. The molecule has 2 atom stereocenters. The van der Waals surface area contributed by atoms with Gasteiger partial charge in [-0.1, -0.05) is 30.3 Å². The average molecular weight is 262 g/mol. The van der Waals surface area contributed by atoms with Gasteiger partial charge < -0.3 is 14.8 Å². The standard InChI is InChI=1S/C15H22N2O2/c1-2-4-13(5-3-1)10-14-11-19-15(12-18-14)17-8-6-16-7-9-17/h1-5,14-16H,6-12H2. The minimum absolute atomic E-state index is 0.147. The summed E-state index contributed by atoms with van der Waals surface area (Å²) in [6, 6.07) is 10.5. The molecule has 1 aromatic rings. The molecule has 19 heavy (non-hydrogen) atoms. The molecule has 2 unspecified atom stereocenters. The number of ether oxygens (including phenoxy) is 2. The second-order valence-electron chi connectivity index (χ2n) is 5.22. The molecule has 0 aromatic heterocycles. The van der Waals surface area contributed by atoms with Crippen LogP contribution in [0.15, 0.2) is 30.3 Å². The number of rotatable bonds is 3. The van der Waals surface area contributed by atoms with Gasteiger partial charge in [-0.2, -0.15) is 0 Å². The Morgan fingerprint density at radius 2 is 1.84 bits per heavy atom. The van der Waals surface area contributed by atoms with E-state index in [1.807, 2.05) is 6.07 Å². The molecule has 0 saturated carbocycles. The van der Waals surface area contributed by atoms with Crippen molar-refractivity contribution in [3.63, 3.8) is 0 Å². The Morgan fingerprint density at radius 1 is 1.05 bits per heavy atom. The van der Waals surface area contributed by atoms with Gasteiger partial charge in [0.05, 0.1) is 19.3 Å². The smallest absolute Gasteiger partial charge is 0.134 e. The number of benzene rings is 1. The van der Waals surface area contributed by atoms with Crippen LogP contribution in [0.2, 0.25) is 0 Å². The van der Waals surface area contributed by atoms with Gasteiger partial charge >= 0.3 is 0 Å². The lowest BCUT2D eigenvalue weighted by Crippen LogP contribution is -2.53. The zero-order chi connectivity index (χ0) is 12.9. The zero-order valence-electron chi connectivity index (χ0n) is 11.3. The Labute approximate surface area is 114 Å². The second kappa shape index (κ2) is 6.48. The lowest BCUT2D eigenvalue weighted by molar-refractivity contribution is -0.186. The van der Waals surface area contributed by atoms with Crippen LogP contribution in [0.4, 0.5) is 0 Å². The Bertz CT molecular complexity index is 371. The summed E-state index contributed by atoms with van der Waals surface area (Å²) >= 11 is 0. The molecule has 0 aliphatic carbocycles. The van der Waals surface area contributed by atoms with Crippen LogP contribution in [0.1, 0.15) is 5.56 Å². The molecule has 2 aliphatic rings. The van der Waals surface area contributed by atoms with Gasteiger partial charge in [0.25, 0.3) is 0 Å². The van der Waals surface area contributed by atoms with E-state index in [4.69, 9.17) is 9.47 Å². The van der Waals surface area contributed by atoms with Gasteiger partial charge in [0, 0.05) is 32.6 Å². The topological polar surface area (TPSA) is 33.7 Å². The van der Waals surface area contributed by atoms with E-state index in [1.54, 1.807) is 0 Å². The molecule has 2 aliphatic heterocycles. The fraction of sp³-hybridized carbons (Fsp3) is 0.600. The normalized spacial score (nSPS) is 29.3. The predicted octanol–water partition coefficient (Wildman–Crippen LogP) is 0.876. The van der Waals surface area contributed by atoms with Crippen molar-refractivity contribution in [3.05, 3.63) is 35.9 Å². The third kappa shape index (κ3) is 3.54. The van der Waals surface area contributed by atoms with E-state index < -0.39 is 0 Å². The number of nitrogens with one attached hydrogen (secondary N) is 1. The number of piperazine rings is 1. The summed E-state index contributed by atoms with van der Waals surface area (Å²) in [5, 5.41) is 3.36. The van der Waals surface area contributed by atoms with E-state index >= 15 is 0 Å². The summed E-state index contributed by atoms with van der Waals surface area (Å²) in [5.41, 5.74) is 1.32. The first-order valence-corrected chi connectivity index (χ1v) is 7.14. The van der Waals surface area contributed by atoms with E-state index in [9.17, 15) is 0 Å². The van der Waals surface area contributed by atoms with Crippen LogP contribution in [0.3, 0.4) is 0 Å². The first-order valence-electron chi connectivity index (χ1n) is 7.14. The average Bonchev–Trinajstić information content (AvgIpc) is 2.50.